The van der Waals surface area contributed by atoms with E-state index in [9.17, 15) is 0 Å². The van der Waals surface area contributed by atoms with Crippen LogP contribution in [0.25, 0.3) is 0 Å². The first kappa shape index (κ1) is 24.4. The third-order valence-electron chi connectivity index (χ3n) is 6.45. The second-order valence-electron chi connectivity index (χ2n) is 9.06. The molecular weight excluding hydrogens is 356 g/mol. The summed E-state index contributed by atoms with van der Waals surface area (Å²) < 4.78 is 11.9. The van der Waals surface area contributed by atoms with Crippen LogP contribution in [-0.4, -0.2) is 19.3 Å². The predicted molar refractivity (Wildman–Crippen MR) is 124 cm³/mol. The van der Waals surface area contributed by atoms with Crippen LogP contribution in [0.5, 0.6) is 0 Å². The van der Waals surface area contributed by atoms with Crippen molar-refractivity contribution in [3.63, 3.8) is 0 Å². The van der Waals surface area contributed by atoms with Crippen LogP contribution >= 0.6 is 0 Å². The SMILES string of the molecule is CCCCCCCC1CC1CCCCCCOCC(CC)OCc1ccccc1. The maximum Gasteiger partial charge on any atom is 0.0810 e. The Kier molecular flexibility index (Phi) is 13.4. The van der Waals surface area contributed by atoms with Gasteiger partial charge in [0.25, 0.3) is 0 Å². The number of hydrogen-bond acceptors (Lipinski definition) is 2. The van der Waals surface area contributed by atoms with Crippen LogP contribution in [0.15, 0.2) is 30.3 Å². The molecule has 1 fully saturated rings. The molecule has 0 heterocycles. The predicted octanol–water partition coefficient (Wildman–Crippen LogP) is 7.95. The summed E-state index contributed by atoms with van der Waals surface area (Å²) in [7, 11) is 0. The van der Waals surface area contributed by atoms with Gasteiger partial charge in [0.05, 0.1) is 19.3 Å². The monoisotopic (exact) mass is 402 g/mol. The van der Waals surface area contributed by atoms with E-state index in [1.165, 1.54) is 82.6 Å². The highest BCUT2D eigenvalue weighted by atomic mass is 16.5. The van der Waals surface area contributed by atoms with Crippen molar-refractivity contribution in [3.8, 4) is 0 Å². The zero-order valence-corrected chi connectivity index (χ0v) is 19.2. The Morgan fingerprint density at radius 2 is 1.48 bits per heavy atom. The van der Waals surface area contributed by atoms with Gasteiger partial charge >= 0.3 is 0 Å². The van der Waals surface area contributed by atoms with Crippen LogP contribution < -0.4 is 0 Å². The zero-order chi connectivity index (χ0) is 20.6. The Morgan fingerprint density at radius 3 is 2.14 bits per heavy atom. The summed E-state index contributed by atoms with van der Waals surface area (Å²) in [6, 6.07) is 10.4. The third kappa shape index (κ3) is 11.8. The lowest BCUT2D eigenvalue weighted by molar-refractivity contribution is -0.0269. The second kappa shape index (κ2) is 15.9. The molecule has 2 heteroatoms. The lowest BCUT2D eigenvalue weighted by Crippen LogP contribution is -2.19. The zero-order valence-electron chi connectivity index (χ0n) is 19.2. The Labute approximate surface area is 180 Å². The van der Waals surface area contributed by atoms with E-state index in [1.807, 2.05) is 6.07 Å². The number of unbranched alkanes of at least 4 members (excludes halogenated alkanes) is 7. The molecule has 1 aromatic carbocycles. The van der Waals surface area contributed by atoms with Crippen molar-refractivity contribution in [1.29, 1.82) is 0 Å². The van der Waals surface area contributed by atoms with E-state index >= 15 is 0 Å². The van der Waals surface area contributed by atoms with E-state index < -0.39 is 0 Å². The van der Waals surface area contributed by atoms with Gasteiger partial charge in [0, 0.05) is 6.61 Å². The van der Waals surface area contributed by atoms with Crippen molar-refractivity contribution < 1.29 is 9.47 Å². The van der Waals surface area contributed by atoms with Gasteiger partial charge in [-0.15, -0.1) is 0 Å². The molecule has 1 saturated carbocycles. The maximum atomic E-state index is 5.99. The first-order chi connectivity index (χ1) is 14.3. The van der Waals surface area contributed by atoms with Crippen LogP contribution in [0.4, 0.5) is 0 Å². The van der Waals surface area contributed by atoms with E-state index in [2.05, 4.69) is 38.1 Å². The van der Waals surface area contributed by atoms with Gasteiger partial charge < -0.3 is 9.47 Å². The van der Waals surface area contributed by atoms with Gasteiger partial charge in [0.15, 0.2) is 0 Å². The molecule has 0 bridgehead atoms. The first-order valence-corrected chi connectivity index (χ1v) is 12.6. The molecule has 2 nitrogen and oxygen atoms in total. The molecule has 0 N–H and O–H groups in total. The molecule has 0 aromatic heterocycles. The smallest absolute Gasteiger partial charge is 0.0810 e. The van der Waals surface area contributed by atoms with Gasteiger partial charge in [-0.1, -0.05) is 108 Å². The van der Waals surface area contributed by atoms with E-state index in [1.54, 1.807) is 0 Å². The molecule has 0 saturated heterocycles. The maximum absolute atomic E-state index is 5.99. The van der Waals surface area contributed by atoms with Crippen LogP contribution in [0.1, 0.15) is 103 Å². The molecule has 1 aliphatic carbocycles. The molecule has 0 amide bonds. The van der Waals surface area contributed by atoms with Crippen LogP contribution in [-0.2, 0) is 16.1 Å². The van der Waals surface area contributed by atoms with E-state index in [0.717, 1.165) is 31.5 Å². The van der Waals surface area contributed by atoms with Gasteiger partial charge in [-0.05, 0) is 36.7 Å². The lowest BCUT2D eigenvalue weighted by atomic mass is 10.0. The van der Waals surface area contributed by atoms with Crippen molar-refractivity contribution >= 4 is 0 Å². The average Bonchev–Trinajstić information content (AvgIpc) is 3.50. The fourth-order valence-electron chi connectivity index (χ4n) is 4.28. The Balaban J connectivity index is 1.35. The normalized spacial score (nSPS) is 19.4. The highest BCUT2D eigenvalue weighted by Crippen LogP contribution is 2.45. The van der Waals surface area contributed by atoms with Gasteiger partial charge in [0.2, 0.25) is 0 Å². The van der Waals surface area contributed by atoms with Gasteiger partial charge in [-0.2, -0.15) is 0 Å². The summed E-state index contributed by atoms with van der Waals surface area (Å²) in [5, 5.41) is 0. The second-order valence-corrected chi connectivity index (χ2v) is 9.06. The van der Waals surface area contributed by atoms with E-state index in [0.29, 0.717) is 6.61 Å². The number of benzene rings is 1. The Morgan fingerprint density at radius 1 is 0.828 bits per heavy atom. The third-order valence-corrected chi connectivity index (χ3v) is 6.45. The number of hydrogen-bond donors (Lipinski definition) is 0. The number of ether oxygens (including phenoxy) is 2. The summed E-state index contributed by atoms with van der Waals surface area (Å²) in [5.74, 6) is 2.16. The average molecular weight is 403 g/mol. The van der Waals surface area contributed by atoms with Gasteiger partial charge in [-0.25, -0.2) is 0 Å². The van der Waals surface area contributed by atoms with E-state index in [-0.39, 0.29) is 6.10 Å². The van der Waals surface area contributed by atoms with Crippen LogP contribution in [0.2, 0.25) is 0 Å². The van der Waals surface area contributed by atoms with Crippen LogP contribution in [0, 0.1) is 11.8 Å². The highest BCUT2D eigenvalue weighted by Gasteiger charge is 2.34. The minimum Gasteiger partial charge on any atom is -0.379 e. The lowest BCUT2D eigenvalue weighted by Gasteiger charge is -2.16. The van der Waals surface area contributed by atoms with Crippen molar-refractivity contribution in [3.05, 3.63) is 35.9 Å². The molecule has 2 rings (SSSR count). The molecule has 3 unspecified atom stereocenters. The van der Waals surface area contributed by atoms with Gasteiger partial charge in [0.1, 0.15) is 0 Å². The summed E-state index contributed by atoms with van der Waals surface area (Å²) in [6.07, 6.45) is 18.2. The molecule has 0 radical (unpaired) electrons. The standard InChI is InChI=1S/C27H46O2/c1-3-5-6-7-13-18-25-21-26(25)19-14-8-9-15-20-28-23-27(4-2)29-22-24-16-11-10-12-17-24/h10-12,16-17,25-27H,3-9,13-15,18-23H2,1-2H3. The fourth-order valence-corrected chi connectivity index (χ4v) is 4.28. The van der Waals surface area contributed by atoms with Crippen molar-refractivity contribution in [2.45, 2.75) is 110 Å². The number of rotatable bonds is 19. The van der Waals surface area contributed by atoms with Gasteiger partial charge in [-0.3, -0.25) is 0 Å². The minimum absolute atomic E-state index is 0.212. The molecule has 0 spiro atoms. The molecule has 29 heavy (non-hydrogen) atoms. The summed E-state index contributed by atoms with van der Waals surface area (Å²) in [6.45, 7) is 6.77. The summed E-state index contributed by atoms with van der Waals surface area (Å²) >= 11 is 0. The summed E-state index contributed by atoms with van der Waals surface area (Å²) in [4.78, 5) is 0. The topological polar surface area (TPSA) is 18.5 Å². The van der Waals surface area contributed by atoms with Crippen molar-refractivity contribution in [2.24, 2.45) is 11.8 Å². The molecule has 3 atom stereocenters. The molecular formula is C27H46O2. The van der Waals surface area contributed by atoms with Crippen molar-refractivity contribution in [1.82, 2.24) is 0 Å². The highest BCUT2D eigenvalue weighted by molar-refractivity contribution is 5.13. The Bertz CT molecular complexity index is 487. The quantitative estimate of drug-likeness (QED) is 0.219. The molecule has 0 aliphatic heterocycles. The minimum atomic E-state index is 0.212. The molecule has 1 aromatic rings. The largest absolute Gasteiger partial charge is 0.379 e. The first-order valence-electron chi connectivity index (χ1n) is 12.6. The fraction of sp³-hybridized carbons (Fsp3) is 0.778. The Hall–Kier alpha value is -0.860. The van der Waals surface area contributed by atoms with E-state index in [4.69, 9.17) is 9.47 Å². The van der Waals surface area contributed by atoms with Crippen molar-refractivity contribution in [2.75, 3.05) is 13.2 Å². The molecule has 1 aliphatic rings. The molecule has 166 valence electrons. The summed E-state index contributed by atoms with van der Waals surface area (Å²) in [5.41, 5.74) is 1.24. The van der Waals surface area contributed by atoms with Crippen LogP contribution in [0.3, 0.4) is 0 Å².